The molecule has 0 radical (unpaired) electrons. The SMILES string of the molecule is CCCCCCCCCCC(/C=C(\C)C(N)=O)c1ccccc1. The van der Waals surface area contributed by atoms with Crippen molar-refractivity contribution in [2.45, 2.75) is 77.6 Å². The zero-order valence-corrected chi connectivity index (χ0v) is 14.9. The van der Waals surface area contributed by atoms with E-state index in [1.54, 1.807) is 0 Å². The third-order valence-electron chi connectivity index (χ3n) is 4.44. The van der Waals surface area contributed by atoms with Crippen molar-refractivity contribution in [3.8, 4) is 0 Å². The molecule has 0 bridgehead atoms. The summed E-state index contributed by atoms with van der Waals surface area (Å²) in [6.07, 6.45) is 13.7. The second-order valence-corrected chi connectivity index (χ2v) is 6.49. The standard InChI is InChI=1S/C21H33NO/c1-3-4-5-6-7-8-9-11-16-20(17-18(2)21(22)23)19-14-12-10-13-15-19/h10,12-15,17,20H,3-9,11,16H2,1-2H3,(H2,22,23)/b18-17+. The summed E-state index contributed by atoms with van der Waals surface area (Å²) in [5, 5.41) is 0. The van der Waals surface area contributed by atoms with E-state index in [-0.39, 0.29) is 5.91 Å². The summed E-state index contributed by atoms with van der Waals surface area (Å²) in [7, 11) is 0. The van der Waals surface area contributed by atoms with Gasteiger partial charge in [-0.2, -0.15) is 0 Å². The van der Waals surface area contributed by atoms with Crippen molar-refractivity contribution in [3.63, 3.8) is 0 Å². The van der Waals surface area contributed by atoms with Gasteiger partial charge in [0.1, 0.15) is 0 Å². The first-order valence-electron chi connectivity index (χ1n) is 9.18. The molecule has 128 valence electrons. The summed E-state index contributed by atoms with van der Waals surface area (Å²) < 4.78 is 0. The quantitative estimate of drug-likeness (QED) is 0.388. The smallest absolute Gasteiger partial charge is 0.244 e. The van der Waals surface area contributed by atoms with Gasteiger partial charge in [-0.3, -0.25) is 4.79 Å². The molecule has 0 aliphatic rings. The van der Waals surface area contributed by atoms with Crippen LogP contribution in [0, 0.1) is 0 Å². The van der Waals surface area contributed by atoms with Crippen LogP contribution in [0.15, 0.2) is 42.0 Å². The molecule has 0 saturated carbocycles. The molecule has 1 aromatic rings. The van der Waals surface area contributed by atoms with E-state index in [9.17, 15) is 4.79 Å². The van der Waals surface area contributed by atoms with Gasteiger partial charge in [-0.25, -0.2) is 0 Å². The monoisotopic (exact) mass is 315 g/mol. The van der Waals surface area contributed by atoms with Gasteiger partial charge in [0.25, 0.3) is 0 Å². The molecule has 1 rings (SSSR count). The Morgan fingerprint density at radius 3 is 2.13 bits per heavy atom. The number of hydrogen-bond acceptors (Lipinski definition) is 1. The van der Waals surface area contributed by atoms with Crippen molar-refractivity contribution in [1.82, 2.24) is 0 Å². The number of nitrogens with two attached hydrogens (primary N) is 1. The summed E-state index contributed by atoms with van der Waals surface area (Å²) in [4.78, 5) is 11.3. The highest BCUT2D eigenvalue weighted by atomic mass is 16.1. The molecule has 0 heterocycles. The number of carbonyl (C=O) groups excluding carboxylic acids is 1. The highest BCUT2D eigenvalue weighted by Gasteiger charge is 2.10. The average molecular weight is 316 g/mol. The highest BCUT2D eigenvalue weighted by Crippen LogP contribution is 2.25. The highest BCUT2D eigenvalue weighted by molar-refractivity contribution is 5.91. The van der Waals surface area contributed by atoms with Gasteiger partial charge >= 0.3 is 0 Å². The molecular formula is C21H33NO. The van der Waals surface area contributed by atoms with Crippen molar-refractivity contribution in [3.05, 3.63) is 47.5 Å². The van der Waals surface area contributed by atoms with Crippen LogP contribution in [0.3, 0.4) is 0 Å². The first kappa shape index (κ1) is 19.5. The Kier molecular flexibility index (Phi) is 10.1. The normalized spacial score (nSPS) is 13.0. The molecule has 2 nitrogen and oxygen atoms in total. The van der Waals surface area contributed by atoms with Crippen molar-refractivity contribution >= 4 is 5.91 Å². The van der Waals surface area contributed by atoms with Crippen LogP contribution in [0.2, 0.25) is 0 Å². The molecule has 2 heteroatoms. The van der Waals surface area contributed by atoms with E-state index >= 15 is 0 Å². The van der Waals surface area contributed by atoms with E-state index in [2.05, 4.69) is 31.2 Å². The lowest BCUT2D eigenvalue weighted by atomic mass is 9.91. The lowest BCUT2D eigenvalue weighted by Crippen LogP contribution is -2.12. The van der Waals surface area contributed by atoms with Gasteiger partial charge in [-0.1, -0.05) is 94.7 Å². The molecule has 0 spiro atoms. The molecule has 1 unspecified atom stereocenters. The second kappa shape index (κ2) is 11.9. The largest absolute Gasteiger partial charge is 0.366 e. The zero-order valence-electron chi connectivity index (χ0n) is 14.9. The minimum atomic E-state index is -0.318. The van der Waals surface area contributed by atoms with Crippen LogP contribution in [0.25, 0.3) is 0 Å². The Bertz CT molecular complexity index is 464. The van der Waals surface area contributed by atoms with Gasteiger partial charge in [0.2, 0.25) is 5.91 Å². The minimum Gasteiger partial charge on any atom is -0.366 e. The van der Waals surface area contributed by atoms with Gasteiger partial charge in [-0.05, 0) is 18.9 Å². The molecule has 0 aliphatic heterocycles. The topological polar surface area (TPSA) is 43.1 Å². The van der Waals surface area contributed by atoms with Crippen LogP contribution < -0.4 is 5.73 Å². The maximum Gasteiger partial charge on any atom is 0.244 e. The number of allylic oxidation sites excluding steroid dienone is 1. The predicted molar refractivity (Wildman–Crippen MR) is 99.4 cm³/mol. The maximum absolute atomic E-state index is 11.3. The second-order valence-electron chi connectivity index (χ2n) is 6.49. The van der Waals surface area contributed by atoms with Gasteiger partial charge in [-0.15, -0.1) is 0 Å². The fourth-order valence-electron chi connectivity index (χ4n) is 2.93. The van der Waals surface area contributed by atoms with E-state index < -0.39 is 0 Å². The number of primary amides is 1. The summed E-state index contributed by atoms with van der Waals surface area (Å²) in [5.74, 6) is -0.0225. The van der Waals surface area contributed by atoms with Crippen molar-refractivity contribution in [2.75, 3.05) is 0 Å². The predicted octanol–water partition coefficient (Wildman–Crippen LogP) is 5.73. The maximum atomic E-state index is 11.3. The average Bonchev–Trinajstić information content (AvgIpc) is 2.56. The molecule has 0 aromatic heterocycles. The third-order valence-corrected chi connectivity index (χ3v) is 4.44. The van der Waals surface area contributed by atoms with Crippen LogP contribution >= 0.6 is 0 Å². The Morgan fingerprint density at radius 1 is 1.00 bits per heavy atom. The fourth-order valence-corrected chi connectivity index (χ4v) is 2.93. The molecule has 1 atom stereocenters. The summed E-state index contributed by atoms with van der Waals surface area (Å²) in [6.45, 7) is 4.07. The van der Waals surface area contributed by atoms with Gasteiger partial charge in [0.15, 0.2) is 0 Å². The molecule has 1 amide bonds. The van der Waals surface area contributed by atoms with Crippen LogP contribution in [-0.4, -0.2) is 5.91 Å². The van der Waals surface area contributed by atoms with Crippen LogP contribution in [0.5, 0.6) is 0 Å². The van der Waals surface area contributed by atoms with Gasteiger partial charge in [0, 0.05) is 11.5 Å². The van der Waals surface area contributed by atoms with Crippen molar-refractivity contribution in [1.29, 1.82) is 0 Å². The number of carbonyl (C=O) groups is 1. The van der Waals surface area contributed by atoms with Crippen LogP contribution in [0.4, 0.5) is 0 Å². The van der Waals surface area contributed by atoms with E-state index in [4.69, 9.17) is 5.73 Å². The third kappa shape index (κ3) is 8.59. The first-order chi connectivity index (χ1) is 11.1. The Hall–Kier alpha value is -1.57. The van der Waals surface area contributed by atoms with Crippen LogP contribution in [0.1, 0.15) is 83.1 Å². The molecule has 1 aromatic carbocycles. The molecule has 23 heavy (non-hydrogen) atoms. The van der Waals surface area contributed by atoms with Gasteiger partial charge in [0.05, 0.1) is 0 Å². The minimum absolute atomic E-state index is 0.295. The molecule has 0 fully saturated rings. The Morgan fingerprint density at radius 2 is 1.57 bits per heavy atom. The van der Waals surface area contributed by atoms with Crippen LogP contribution in [-0.2, 0) is 4.79 Å². The number of benzene rings is 1. The number of unbranched alkanes of at least 4 members (excludes halogenated alkanes) is 7. The Balaban J connectivity index is 2.42. The number of hydrogen-bond donors (Lipinski definition) is 1. The summed E-state index contributed by atoms with van der Waals surface area (Å²) in [6, 6.07) is 10.4. The zero-order chi connectivity index (χ0) is 16.9. The van der Waals surface area contributed by atoms with E-state index in [0.717, 1.165) is 6.42 Å². The van der Waals surface area contributed by atoms with Gasteiger partial charge < -0.3 is 5.73 Å². The molecule has 0 aliphatic carbocycles. The lowest BCUT2D eigenvalue weighted by molar-refractivity contribution is -0.114. The molecule has 2 N–H and O–H groups in total. The summed E-state index contributed by atoms with van der Waals surface area (Å²) in [5.41, 5.74) is 7.33. The van der Waals surface area contributed by atoms with E-state index in [0.29, 0.717) is 11.5 Å². The van der Waals surface area contributed by atoms with E-state index in [1.807, 2.05) is 19.1 Å². The van der Waals surface area contributed by atoms with Crippen molar-refractivity contribution < 1.29 is 4.79 Å². The lowest BCUT2D eigenvalue weighted by Gasteiger charge is -2.14. The Labute approximate surface area is 142 Å². The fraction of sp³-hybridized carbons (Fsp3) is 0.571. The summed E-state index contributed by atoms with van der Waals surface area (Å²) >= 11 is 0. The van der Waals surface area contributed by atoms with E-state index in [1.165, 1.54) is 56.9 Å². The van der Waals surface area contributed by atoms with Crippen molar-refractivity contribution in [2.24, 2.45) is 5.73 Å². The first-order valence-corrected chi connectivity index (χ1v) is 9.18. The molecule has 0 saturated heterocycles. The number of amides is 1. The molecular weight excluding hydrogens is 282 g/mol. The number of rotatable bonds is 12.